The zero-order valence-electron chi connectivity index (χ0n) is 8.60. The molecule has 0 heterocycles. The van der Waals surface area contributed by atoms with Crippen molar-refractivity contribution in [3.8, 4) is 0 Å². The normalized spacial score (nSPS) is 14.3. The summed E-state index contributed by atoms with van der Waals surface area (Å²) in [6.07, 6.45) is 0. The highest BCUT2D eigenvalue weighted by molar-refractivity contribution is 6.10. The SMILES string of the molecule is COC(=O)[C@H](C[SiH3])NC(C)(C)C. The van der Waals surface area contributed by atoms with Crippen LogP contribution < -0.4 is 5.32 Å². The average Bonchev–Trinajstić information content (AvgIpc) is 1.97. The van der Waals surface area contributed by atoms with Crippen LogP contribution in [-0.4, -0.2) is 34.9 Å². The van der Waals surface area contributed by atoms with Crippen LogP contribution in [0.2, 0.25) is 6.04 Å². The van der Waals surface area contributed by atoms with E-state index < -0.39 is 0 Å². The second-order valence-corrected chi connectivity index (χ2v) is 4.69. The summed E-state index contributed by atoms with van der Waals surface area (Å²) in [5.74, 6) is -0.153. The van der Waals surface area contributed by atoms with Crippen molar-refractivity contribution in [1.29, 1.82) is 0 Å². The summed E-state index contributed by atoms with van der Waals surface area (Å²) in [5, 5.41) is 3.22. The quantitative estimate of drug-likeness (QED) is 0.489. The molecule has 0 bridgehead atoms. The minimum atomic E-state index is -0.153. The van der Waals surface area contributed by atoms with Gasteiger partial charge in [0.15, 0.2) is 0 Å². The second kappa shape index (κ2) is 4.62. The molecule has 0 rings (SSSR count). The van der Waals surface area contributed by atoms with Crippen LogP contribution in [0.4, 0.5) is 0 Å². The van der Waals surface area contributed by atoms with Crippen molar-refractivity contribution in [2.45, 2.75) is 38.4 Å². The summed E-state index contributed by atoms with van der Waals surface area (Å²) in [5.41, 5.74) is -0.0245. The highest BCUT2D eigenvalue weighted by Crippen LogP contribution is 2.04. The van der Waals surface area contributed by atoms with E-state index in [9.17, 15) is 4.79 Å². The predicted molar refractivity (Wildman–Crippen MR) is 53.4 cm³/mol. The molecule has 72 valence electrons. The molecule has 0 radical (unpaired) electrons. The first-order valence-corrected chi connectivity index (χ1v) is 5.67. The van der Waals surface area contributed by atoms with Gasteiger partial charge >= 0.3 is 5.97 Å². The number of hydrogen-bond acceptors (Lipinski definition) is 3. The summed E-state index contributed by atoms with van der Waals surface area (Å²) in [6, 6.07) is 0.769. The van der Waals surface area contributed by atoms with Crippen molar-refractivity contribution in [3.63, 3.8) is 0 Å². The fraction of sp³-hybridized carbons (Fsp3) is 0.875. The Bertz CT molecular complexity index is 154. The van der Waals surface area contributed by atoms with Gasteiger partial charge in [0.05, 0.1) is 7.11 Å². The Morgan fingerprint density at radius 2 is 2.08 bits per heavy atom. The Labute approximate surface area is 77.3 Å². The van der Waals surface area contributed by atoms with Crippen molar-refractivity contribution in [2.75, 3.05) is 7.11 Å². The molecule has 0 aromatic carbocycles. The molecule has 1 N–H and O–H groups in total. The molecule has 0 aromatic heterocycles. The van der Waals surface area contributed by atoms with Crippen LogP contribution in [0.1, 0.15) is 20.8 Å². The molecule has 0 aliphatic carbocycles. The number of methoxy groups -OCH3 is 1. The molecular weight excluding hydrogens is 170 g/mol. The van der Waals surface area contributed by atoms with Crippen LogP contribution in [0.25, 0.3) is 0 Å². The van der Waals surface area contributed by atoms with Gasteiger partial charge in [0, 0.05) is 15.8 Å². The summed E-state index contributed by atoms with van der Waals surface area (Å²) in [7, 11) is 2.43. The van der Waals surface area contributed by atoms with Crippen LogP contribution in [0.5, 0.6) is 0 Å². The van der Waals surface area contributed by atoms with E-state index in [1.165, 1.54) is 7.11 Å². The van der Waals surface area contributed by atoms with Gasteiger partial charge in [-0.15, -0.1) is 0 Å². The summed E-state index contributed by atoms with van der Waals surface area (Å²) >= 11 is 0. The fourth-order valence-corrected chi connectivity index (χ4v) is 1.53. The van der Waals surface area contributed by atoms with Gasteiger partial charge in [-0.2, -0.15) is 0 Å². The van der Waals surface area contributed by atoms with Crippen LogP contribution in [-0.2, 0) is 9.53 Å². The Morgan fingerprint density at radius 1 is 1.58 bits per heavy atom. The average molecular weight is 189 g/mol. The Kier molecular flexibility index (Phi) is 4.48. The molecule has 0 unspecified atom stereocenters. The lowest BCUT2D eigenvalue weighted by molar-refractivity contribution is -0.143. The van der Waals surface area contributed by atoms with Crippen molar-refractivity contribution in [2.24, 2.45) is 0 Å². The summed E-state index contributed by atoms with van der Waals surface area (Å²) in [4.78, 5) is 11.2. The predicted octanol–water partition coefficient (Wildman–Crippen LogP) is -0.300. The van der Waals surface area contributed by atoms with E-state index in [-0.39, 0.29) is 17.6 Å². The van der Waals surface area contributed by atoms with Gasteiger partial charge in [-0.3, -0.25) is 10.1 Å². The highest BCUT2D eigenvalue weighted by atomic mass is 28.1. The van der Waals surface area contributed by atoms with Crippen molar-refractivity contribution in [1.82, 2.24) is 5.32 Å². The number of nitrogens with one attached hydrogen (secondary N) is 1. The lowest BCUT2D eigenvalue weighted by Gasteiger charge is -2.25. The Balaban J connectivity index is 4.09. The molecule has 0 saturated carbocycles. The zero-order chi connectivity index (χ0) is 9.78. The molecule has 0 aliphatic heterocycles. The van der Waals surface area contributed by atoms with Crippen LogP contribution in [0.15, 0.2) is 0 Å². The van der Waals surface area contributed by atoms with E-state index >= 15 is 0 Å². The maximum absolute atomic E-state index is 11.2. The van der Waals surface area contributed by atoms with E-state index in [0.717, 1.165) is 16.3 Å². The van der Waals surface area contributed by atoms with Gasteiger partial charge in [-0.25, -0.2) is 0 Å². The monoisotopic (exact) mass is 189 g/mol. The van der Waals surface area contributed by atoms with E-state index in [4.69, 9.17) is 0 Å². The molecular formula is C8H19NO2Si. The molecule has 0 aromatic rings. The molecule has 12 heavy (non-hydrogen) atoms. The topological polar surface area (TPSA) is 38.3 Å². The molecule has 0 saturated heterocycles. The standard InChI is InChI=1S/C8H19NO2Si/c1-8(2,3)9-6(5-12)7(10)11-4/h6,9H,5H2,1-4,12H3/t6-/m0/s1. The van der Waals surface area contributed by atoms with Gasteiger partial charge in [0.1, 0.15) is 6.04 Å². The van der Waals surface area contributed by atoms with Gasteiger partial charge in [0.25, 0.3) is 0 Å². The minimum absolute atomic E-state index is 0.0245. The smallest absolute Gasteiger partial charge is 0.322 e. The lowest BCUT2D eigenvalue weighted by Crippen LogP contribution is -2.47. The first-order chi connectivity index (χ1) is 5.40. The third kappa shape index (κ3) is 4.51. The molecule has 0 spiro atoms. The highest BCUT2D eigenvalue weighted by Gasteiger charge is 2.22. The van der Waals surface area contributed by atoms with Crippen LogP contribution in [0.3, 0.4) is 0 Å². The molecule has 1 atom stereocenters. The van der Waals surface area contributed by atoms with Gasteiger partial charge in [-0.1, -0.05) is 0 Å². The van der Waals surface area contributed by atoms with E-state index in [0.29, 0.717) is 0 Å². The van der Waals surface area contributed by atoms with Crippen LogP contribution >= 0.6 is 0 Å². The van der Waals surface area contributed by atoms with Gasteiger partial charge in [0.2, 0.25) is 0 Å². The maximum Gasteiger partial charge on any atom is 0.322 e. The summed E-state index contributed by atoms with van der Waals surface area (Å²) in [6.45, 7) is 6.13. The number of carbonyl (C=O) groups is 1. The van der Waals surface area contributed by atoms with Crippen LogP contribution in [0, 0.1) is 0 Å². The fourth-order valence-electron chi connectivity index (χ4n) is 0.993. The van der Waals surface area contributed by atoms with Crippen molar-refractivity contribution < 1.29 is 9.53 Å². The third-order valence-corrected chi connectivity index (χ3v) is 2.32. The first kappa shape index (κ1) is 11.6. The third-order valence-electron chi connectivity index (χ3n) is 1.50. The van der Waals surface area contributed by atoms with E-state index in [2.05, 4.69) is 10.1 Å². The molecule has 0 amide bonds. The first-order valence-electron chi connectivity index (χ1n) is 4.26. The van der Waals surface area contributed by atoms with Gasteiger partial charge in [-0.05, 0) is 26.8 Å². The zero-order valence-corrected chi connectivity index (χ0v) is 10.6. The molecule has 3 nitrogen and oxygen atoms in total. The lowest BCUT2D eigenvalue weighted by atomic mass is 10.1. The summed E-state index contributed by atoms with van der Waals surface area (Å²) < 4.78 is 4.67. The van der Waals surface area contributed by atoms with E-state index in [1.54, 1.807) is 0 Å². The molecule has 0 fully saturated rings. The number of esters is 1. The van der Waals surface area contributed by atoms with E-state index in [1.807, 2.05) is 20.8 Å². The van der Waals surface area contributed by atoms with Crippen molar-refractivity contribution >= 4 is 16.2 Å². The number of ether oxygens (including phenoxy) is 1. The molecule has 0 aliphatic rings. The van der Waals surface area contributed by atoms with Gasteiger partial charge < -0.3 is 4.74 Å². The maximum atomic E-state index is 11.2. The second-order valence-electron chi connectivity index (χ2n) is 3.88. The number of hydrogen-bond donors (Lipinski definition) is 1. The number of rotatable bonds is 3. The Hall–Kier alpha value is -0.353. The largest absolute Gasteiger partial charge is 0.468 e. The molecule has 4 heteroatoms. The number of carbonyl (C=O) groups excluding carboxylic acids is 1. The minimum Gasteiger partial charge on any atom is -0.468 e. The Morgan fingerprint density at radius 3 is 2.33 bits per heavy atom. The van der Waals surface area contributed by atoms with Crippen molar-refractivity contribution in [3.05, 3.63) is 0 Å².